The Kier molecular flexibility index (Phi) is 6.34. The number of carbonyl (C=O) groups is 2. The number of anilines is 1. The second kappa shape index (κ2) is 9.51. The fourth-order valence-electron chi connectivity index (χ4n) is 3.83. The van der Waals surface area contributed by atoms with Crippen LogP contribution in [0.4, 0.5) is 14.6 Å². The first-order valence-electron chi connectivity index (χ1n) is 11.4. The van der Waals surface area contributed by atoms with Crippen LogP contribution in [0.2, 0.25) is 0 Å². The van der Waals surface area contributed by atoms with Gasteiger partial charge in [-0.2, -0.15) is 0 Å². The van der Waals surface area contributed by atoms with Gasteiger partial charge < -0.3 is 15.2 Å². The molecule has 38 heavy (non-hydrogen) atoms. The van der Waals surface area contributed by atoms with Gasteiger partial charge in [0.05, 0.1) is 11.3 Å². The first-order chi connectivity index (χ1) is 18.0. The Labute approximate surface area is 219 Å². The summed E-state index contributed by atoms with van der Waals surface area (Å²) in [5.74, 6) is 3.49. The zero-order valence-electron chi connectivity index (χ0n) is 20.5. The number of likely N-dealkylation sites (N-methyl/N-ethyl adjacent to an activating group) is 1. The highest BCUT2D eigenvalue weighted by Gasteiger charge is 2.33. The van der Waals surface area contributed by atoms with Crippen LogP contribution in [0.5, 0.6) is 5.75 Å². The molecule has 1 atom stereocenters. The standard InChI is InChI=1S/C26H21F2N5O4S/c1-26(2,36)8-6-14-7-9-29-22-21(14)37-12-19(24(35)32(22)3)30-23(34)18-11-33-20(13-38-25(33)31-18)16-5-4-15(27)10-17(16)28/h4-5,7,9-11,13,19,36H,12H2,1-3H3,(H,30,34)/t19-/m0/s1. The largest absolute Gasteiger partial charge is 0.486 e. The summed E-state index contributed by atoms with van der Waals surface area (Å²) in [6.45, 7) is 2.89. The molecular formula is C26H21F2N5O4S. The molecule has 4 aromatic rings. The molecule has 0 unspecified atom stereocenters. The molecule has 1 aromatic carbocycles. The molecule has 0 bridgehead atoms. The maximum absolute atomic E-state index is 14.4. The number of carbonyl (C=O) groups excluding carboxylic acids is 2. The zero-order chi connectivity index (χ0) is 27.2. The van der Waals surface area contributed by atoms with Gasteiger partial charge in [-0.25, -0.2) is 18.7 Å². The first kappa shape index (κ1) is 25.3. The van der Waals surface area contributed by atoms with Crippen molar-refractivity contribution in [1.29, 1.82) is 0 Å². The quantitative estimate of drug-likeness (QED) is 0.389. The lowest BCUT2D eigenvalue weighted by Crippen LogP contribution is -2.49. The summed E-state index contributed by atoms with van der Waals surface area (Å²) in [5, 5.41) is 14.2. The fourth-order valence-corrected chi connectivity index (χ4v) is 4.71. The van der Waals surface area contributed by atoms with Gasteiger partial charge in [0.2, 0.25) is 0 Å². The third-order valence-corrected chi connectivity index (χ3v) is 6.52. The number of nitrogens with one attached hydrogen (secondary N) is 1. The number of amides is 2. The highest BCUT2D eigenvalue weighted by atomic mass is 32.1. The summed E-state index contributed by atoms with van der Waals surface area (Å²) in [6, 6.07) is 3.79. The van der Waals surface area contributed by atoms with Crippen molar-refractivity contribution in [2.24, 2.45) is 0 Å². The van der Waals surface area contributed by atoms with E-state index in [1.807, 2.05) is 0 Å². The number of halogens is 2. The van der Waals surface area contributed by atoms with Crippen LogP contribution in [-0.2, 0) is 4.79 Å². The summed E-state index contributed by atoms with van der Waals surface area (Å²) in [5.41, 5.74) is -0.236. The van der Waals surface area contributed by atoms with E-state index in [0.29, 0.717) is 16.2 Å². The van der Waals surface area contributed by atoms with Crippen LogP contribution in [0.25, 0.3) is 16.2 Å². The number of rotatable bonds is 3. The second-order valence-electron chi connectivity index (χ2n) is 9.08. The van der Waals surface area contributed by atoms with Gasteiger partial charge >= 0.3 is 0 Å². The fraction of sp³-hybridized carbons (Fsp3) is 0.231. The van der Waals surface area contributed by atoms with E-state index in [9.17, 15) is 23.5 Å². The van der Waals surface area contributed by atoms with Crippen molar-refractivity contribution < 1.29 is 28.2 Å². The molecule has 3 aromatic heterocycles. The molecule has 12 heteroatoms. The molecule has 5 rings (SSSR count). The number of aromatic nitrogens is 3. The Balaban J connectivity index is 1.39. The van der Waals surface area contributed by atoms with Crippen LogP contribution in [0.1, 0.15) is 29.9 Å². The highest BCUT2D eigenvalue weighted by Crippen LogP contribution is 2.32. The van der Waals surface area contributed by atoms with Crippen LogP contribution >= 0.6 is 11.3 Å². The van der Waals surface area contributed by atoms with E-state index in [1.54, 1.807) is 25.3 Å². The molecule has 0 fully saturated rings. The SMILES string of the molecule is CN1C(=O)[C@@H](NC(=O)c2cn3c(-c4ccc(F)cc4F)csc3n2)COc2c(C#CC(C)(C)O)ccnc21. The maximum atomic E-state index is 14.4. The van der Waals surface area contributed by atoms with Crippen molar-refractivity contribution in [3.05, 3.63) is 64.9 Å². The summed E-state index contributed by atoms with van der Waals surface area (Å²) in [7, 11) is 1.51. The van der Waals surface area contributed by atoms with E-state index in [2.05, 4.69) is 27.1 Å². The van der Waals surface area contributed by atoms with Crippen LogP contribution in [0.15, 0.2) is 42.0 Å². The van der Waals surface area contributed by atoms with Gasteiger partial charge in [-0.05, 0) is 32.0 Å². The Morgan fingerprint density at radius 2 is 2.11 bits per heavy atom. The number of imidazole rings is 1. The Bertz CT molecular complexity index is 1650. The van der Waals surface area contributed by atoms with Crippen LogP contribution in [0, 0.1) is 23.5 Å². The predicted molar refractivity (Wildman–Crippen MR) is 136 cm³/mol. The molecule has 1 aliphatic rings. The van der Waals surface area contributed by atoms with E-state index >= 15 is 0 Å². The third kappa shape index (κ3) is 4.81. The summed E-state index contributed by atoms with van der Waals surface area (Å²) in [6.07, 6.45) is 2.89. The molecule has 0 spiro atoms. The van der Waals surface area contributed by atoms with Crippen LogP contribution in [0.3, 0.4) is 0 Å². The molecule has 0 saturated heterocycles. The molecule has 0 radical (unpaired) electrons. The monoisotopic (exact) mass is 537 g/mol. The van der Waals surface area contributed by atoms with Crippen molar-refractivity contribution in [3.8, 4) is 28.8 Å². The first-order valence-corrected chi connectivity index (χ1v) is 12.3. The topological polar surface area (TPSA) is 109 Å². The van der Waals surface area contributed by atoms with Crippen molar-refractivity contribution in [2.45, 2.75) is 25.5 Å². The molecule has 2 N–H and O–H groups in total. The molecule has 4 heterocycles. The van der Waals surface area contributed by atoms with Gasteiger partial charge in [-0.3, -0.25) is 18.9 Å². The van der Waals surface area contributed by atoms with Gasteiger partial charge in [0, 0.05) is 36.5 Å². The second-order valence-corrected chi connectivity index (χ2v) is 9.91. The van der Waals surface area contributed by atoms with Gasteiger partial charge in [0.1, 0.15) is 35.6 Å². The molecular weight excluding hydrogens is 516 g/mol. The molecule has 9 nitrogen and oxygen atoms in total. The van der Waals surface area contributed by atoms with Crippen molar-refractivity contribution >= 4 is 33.9 Å². The molecule has 0 saturated carbocycles. The Morgan fingerprint density at radius 3 is 2.84 bits per heavy atom. The average Bonchev–Trinajstić information content (AvgIpc) is 3.42. The number of nitrogens with zero attached hydrogens (tertiary/aromatic N) is 4. The maximum Gasteiger partial charge on any atom is 0.272 e. The van der Waals surface area contributed by atoms with E-state index in [-0.39, 0.29) is 29.4 Å². The summed E-state index contributed by atoms with van der Waals surface area (Å²) in [4.78, 5) is 36.4. The Morgan fingerprint density at radius 1 is 1.32 bits per heavy atom. The third-order valence-electron chi connectivity index (χ3n) is 5.68. The normalized spacial score (nSPS) is 15.4. The number of pyridine rings is 1. The minimum absolute atomic E-state index is 0.00712. The van der Waals surface area contributed by atoms with Gasteiger partial charge in [0.15, 0.2) is 16.5 Å². The lowest BCUT2D eigenvalue weighted by atomic mass is 10.1. The van der Waals surface area contributed by atoms with Crippen LogP contribution in [-0.4, -0.2) is 56.6 Å². The van der Waals surface area contributed by atoms with Gasteiger partial charge in [-0.15, -0.1) is 11.3 Å². The number of ether oxygens (including phenoxy) is 1. The predicted octanol–water partition coefficient (Wildman–Crippen LogP) is 3.01. The molecule has 0 aliphatic carbocycles. The number of fused-ring (bicyclic) bond motifs is 2. The molecule has 1 aliphatic heterocycles. The smallest absolute Gasteiger partial charge is 0.272 e. The van der Waals surface area contributed by atoms with E-state index in [4.69, 9.17) is 4.74 Å². The van der Waals surface area contributed by atoms with Crippen molar-refractivity contribution in [3.63, 3.8) is 0 Å². The number of thiazole rings is 1. The lowest BCUT2D eigenvalue weighted by molar-refractivity contribution is -0.120. The number of aliphatic hydroxyl groups is 1. The minimum atomic E-state index is -1.24. The molecule has 194 valence electrons. The number of hydrogen-bond acceptors (Lipinski definition) is 7. The van der Waals surface area contributed by atoms with Crippen molar-refractivity contribution in [2.75, 3.05) is 18.6 Å². The number of hydrogen-bond donors (Lipinski definition) is 2. The lowest BCUT2D eigenvalue weighted by Gasteiger charge is -2.19. The summed E-state index contributed by atoms with van der Waals surface area (Å²) >= 11 is 1.18. The molecule has 2 amide bonds. The van der Waals surface area contributed by atoms with E-state index in [0.717, 1.165) is 12.1 Å². The minimum Gasteiger partial charge on any atom is -0.486 e. The van der Waals surface area contributed by atoms with Crippen LogP contribution < -0.4 is 15.0 Å². The van der Waals surface area contributed by atoms with Gasteiger partial charge in [-0.1, -0.05) is 11.8 Å². The Hall–Kier alpha value is -4.34. The van der Waals surface area contributed by atoms with E-state index in [1.165, 1.54) is 46.1 Å². The average molecular weight is 538 g/mol. The summed E-state index contributed by atoms with van der Waals surface area (Å²) < 4.78 is 35.1. The highest BCUT2D eigenvalue weighted by molar-refractivity contribution is 7.15. The van der Waals surface area contributed by atoms with E-state index < -0.39 is 35.1 Å². The number of benzene rings is 1. The van der Waals surface area contributed by atoms with Gasteiger partial charge in [0.25, 0.3) is 11.8 Å². The zero-order valence-corrected chi connectivity index (χ0v) is 21.3. The van der Waals surface area contributed by atoms with Crippen molar-refractivity contribution in [1.82, 2.24) is 19.7 Å².